The summed E-state index contributed by atoms with van der Waals surface area (Å²) in [6, 6.07) is 12.3. The van der Waals surface area contributed by atoms with Crippen molar-refractivity contribution in [2.24, 2.45) is 0 Å². The van der Waals surface area contributed by atoms with Crippen LogP contribution in [0.25, 0.3) is 11.5 Å². The van der Waals surface area contributed by atoms with Crippen LogP contribution in [0.5, 0.6) is 5.75 Å². The van der Waals surface area contributed by atoms with E-state index in [1.54, 1.807) is 31.2 Å². The van der Waals surface area contributed by atoms with Crippen molar-refractivity contribution in [2.75, 3.05) is 6.61 Å². The third kappa shape index (κ3) is 4.32. The smallest absolute Gasteiger partial charge is 0.338 e. The number of benzene rings is 2. The first-order valence-corrected chi connectivity index (χ1v) is 8.50. The Hall–Kier alpha value is -3.75. The first kappa shape index (κ1) is 19.0. The molecule has 0 N–H and O–H groups in total. The number of rotatable bonds is 7. The number of carbonyl (C=O) groups excluding carboxylic acids is 1. The first-order valence-electron chi connectivity index (χ1n) is 8.50. The van der Waals surface area contributed by atoms with Crippen LogP contribution in [0.4, 0.5) is 5.69 Å². The Balaban J connectivity index is 1.67. The van der Waals surface area contributed by atoms with Gasteiger partial charge in [0.25, 0.3) is 11.6 Å². The van der Waals surface area contributed by atoms with Crippen molar-refractivity contribution < 1.29 is 23.6 Å². The number of aromatic nitrogens is 2. The quantitative estimate of drug-likeness (QED) is 0.342. The fourth-order valence-corrected chi connectivity index (χ4v) is 2.37. The molecule has 1 heterocycles. The topological polar surface area (TPSA) is 118 Å². The van der Waals surface area contributed by atoms with Crippen LogP contribution in [0.15, 0.2) is 52.9 Å². The van der Waals surface area contributed by atoms with Crippen LogP contribution in [0, 0.1) is 10.1 Å². The summed E-state index contributed by atoms with van der Waals surface area (Å²) >= 11 is 0. The zero-order valence-electron chi connectivity index (χ0n) is 15.2. The Bertz CT molecular complexity index is 966. The molecule has 1 atom stereocenters. The van der Waals surface area contributed by atoms with E-state index in [-0.39, 0.29) is 17.5 Å². The number of nitro benzene ring substituents is 1. The van der Waals surface area contributed by atoms with Gasteiger partial charge in [0.2, 0.25) is 5.89 Å². The molecule has 2 aromatic carbocycles. The van der Waals surface area contributed by atoms with Gasteiger partial charge in [-0.05, 0) is 50.2 Å². The summed E-state index contributed by atoms with van der Waals surface area (Å²) in [5.41, 5.74) is 0.848. The van der Waals surface area contributed by atoms with Crippen LogP contribution in [0.1, 0.15) is 36.2 Å². The molecule has 0 saturated carbocycles. The molecule has 1 unspecified atom stereocenters. The van der Waals surface area contributed by atoms with E-state index in [1.165, 1.54) is 24.3 Å². The Morgan fingerprint density at radius 1 is 1.14 bits per heavy atom. The molecule has 0 radical (unpaired) electrons. The van der Waals surface area contributed by atoms with Gasteiger partial charge in [-0.2, -0.15) is 0 Å². The lowest BCUT2D eigenvalue weighted by Gasteiger charge is -2.10. The molecule has 0 saturated heterocycles. The molecule has 9 nitrogen and oxygen atoms in total. The average Bonchev–Trinajstić information content (AvgIpc) is 3.19. The van der Waals surface area contributed by atoms with Crippen molar-refractivity contribution in [2.45, 2.75) is 20.0 Å². The number of hydrogen-bond donors (Lipinski definition) is 0. The Labute approximate surface area is 160 Å². The summed E-state index contributed by atoms with van der Waals surface area (Å²) in [4.78, 5) is 22.5. The maximum atomic E-state index is 12.3. The third-order valence-corrected chi connectivity index (χ3v) is 3.80. The molecule has 144 valence electrons. The fraction of sp³-hybridized carbons (Fsp3) is 0.211. The lowest BCUT2D eigenvalue weighted by Crippen LogP contribution is -2.09. The van der Waals surface area contributed by atoms with Crippen LogP contribution in [0.2, 0.25) is 0 Å². The molecule has 0 amide bonds. The summed E-state index contributed by atoms with van der Waals surface area (Å²) in [7, 11) is 0. The molecule has 0 fully saturated rings. The SMILES string of the molecule is CCOc1ccc(C(=O)OC(C)c2nnc(-c3ccc([N+](=O)[O-])cc3)o2)cc1. The van der Waals surface area contributed by atoms with Crippen molar-refractivity contribution in [1.82, 2.24) is 10.2 Å². The number of ether oxygens (including phenoxy) is 2. The summed E-state index contributed by atoms with van der Waals surface area (Å²) in [6.07, 6.45) is -0.765. The van der Waals surface area contributed by atoms with Crippen molar-refractivity contribution in [1.29, 1.82) is 0 Å². The van der Waals surface area contributed by atoms with E-state index in [1.807, 2.05) is 6.92 Å². The van der Waals surface area contributed by atoms with Crippen LogP contribution in [-0.4, -0.2) is 27.7 Å². The van der Waals surface area contributed by atoms with Gasteiger partial charge in [-0.15, -0.1) is 10.2 Å². The average molecular weight is 383 g/mol. The van der Waals surface area contributed by atoms with Gasteiger partial charge in [0, 0.05) is 17.7 Å². The summed E-state index contributed by atoms with van der Waals surface area (Å²) in [5, 5.41) is 18.5. The standard InChI is InChI=1S/C19H17N3O6/c1-3-26-16-10-6-14(7-11-16)19(23)27-12(2)17-20-21-18(28-17)13-4-8-15(9-5-13)22(24)25/h4-12H,3H2,1-2H3. The lowest BCUT2D eigenvalue weighted by atomic mass is 10.2. The second-order valence-corrected chi connectivity index (χ2v) is 5.75. The number of non-ortho nitro benzene ring substituents is 1. The maximum absolute atomic E-state index is 12.3. The summed E-state index contributed by atoms with van der Waals surface area (Å²) in [5.74, 6) is 0.420. The van der Waals surface area contributed by atoms with Gasteiger partial charge in [0.15, 0.2) is 6.10 Å². The minimum atomic E-state index is -0.765. The van der Waals surface area contributed by atoms with Crippen LogP contribution in [0.3, 0.4) is 0 Å². The number of hydrogen-bond acceptors (Lipinski definition) is 8. The molecule has 3 aromatic rings. The van der Waals surface area contributed by atoms with E-state index < -0.39 is 17.0 Å². The first-order chi connectivity index (χ1) is 13.5. The second kappa shape index (κ2) is 8.30. The predicted molar refractivity (Wildman–Crippen MR) is 97.8 cm³/mol. The molecule has 28 heavy (non-hydrogen) atoms. The van der Waals surface area contributed by atoms with Gasteiger partial charge < -0.3 is 13.9 Å². The van der Waals surface area contributed by atoms with Gasteiger partial charge in [-0.3, -0.25) is 10.1 Å². The van der Waals surface area contributed by atoms with E-state index in [0.717, 1.165) is 0 Å². The fourth-order valence-electron chi connectivity index (χ4n) is 2.37. The second-order valence-electron chi connectivity index (χ2n) is 5.75. The molecule has 0 aliphatic carbocycles. The van der Waals surface area contributed by atoms with Crippen molar-refractivity contribution in [3.05, 3.63) is 70.1 Å². The largest absolute Gasteiger partial charge is 0.494 e. The highest BCUT2D eigenvalue weighted by Gasteiger charge is 2.20. The van der Waals surface area contributed by atoms with Gasteiger partial charge in [-0.25, -0.2) is 4.79 Å². The minimum Gasteiger partial charge on any atom is -0.494 e. The van der Waals surface area contributed by atoms with Crippen molar-refractivity contribution in [3.8, 4) is 17.2 Å². The number of nitro groups is 1. The normalized spacial score (nSPS) is 11.6. The monoisotopic (exact) mass is 383 g/mol. The van der Waals surface area contributed by atoms with E-state index in [4.69, 9.17) is 13.9 Å². The van der Waals surface area contributed by atoms with Gasteiger partial charge >= 0.3 is 5.97 Å². The maximum Gasteiger partial charge on any atom is 0.338 e. The Morgan fingerprint density at radius 3 is 2.43 bits per heavy atom. The lowest BCUT2D eigenvalue weighted by molar-refractivity contribution is -0.384. The van der Waals surface area contributed by atoms with Crippen LogP contribution >= 0.6 is 0 Å². The van der Waals surface area contributed by atoms with E-state index >= 15 is 0 Å². The van der Waals surface area contributed by atoms with E-state index in [2.05, 4.69) is 10.2 Å². The highest BCUT2D eigenvalue weighted by atomic mass is 16.6. The molecule has 3 rings (SSSR count). The van der Waals surface area contributed by atoms with E-state index in [0.29, 0.717) is 23.5 Å². The molecule has 0 spiro atoms. The van der Waals surface area contributed by atoms with E-state index in [9.17, 15) is 14.9 Å². The van der Waals surface area contributed by atoms with Crippen molar-refractivity contribution >= 4 is 11.7 Å². The molecular weight excluding hydrogens is 366 g/mol. The number of esters is 1. The molecule has 1 aromatic heterocycles. The van der Waals surface area contributed by atoms with Crippen molar-refractivity contribution in [3.63, 3.8) is 0 Å². The van der Waals surface area contributed by atoms with Gasteiger partial charge in [0.05, 0.1) is 17.1 Å². The number of carbonyl (C=O) groups is 1. The molecular formula is C19H17N3O6. The highest BCUT2D eigenvalue weighted by Crippen LogP contribution is 2.25. The third-order valence-electron chi connectivity index (χ3n) is 3.80. The summed E-state index contributed by atoms with van der Waals surface area (Å²) < 4.78 is 16.2. The highest BCUT2D eigenvalue weighted by molar-refractivity contribution is 5.89. The molecule has 0 bridgehead atoms. The zero-order chi connectivity index (χ0) is 20.1. The molecule has 0 aliphatic rings. The van der Waals surface area contributed by atoms with Crippen LogP contribution < -0.4 is 4.74 Å². The number of nitrogens with zero attached hydrogens (tertiary/aromatic N) is 3. The predicted octanol–water partition coefficient (Wildman–Crippen LogP) is 3.96. The van der Waals surface area contributed by atoms with Crippen LogP contribution in [-0.2, 0) is 4.74 Å². The van der Waals surface area contributed by atoms with Gasteiger partial charge in [-0.1, -0.05) is 0 Å². The Morgan fingerprint density at radius 2 is 1.82 bits per heavy atom. The Kier molecular flexibility index (Phi) is 5.64. The zero-order valence-corrected chi connectivity index (χ0v) is 15.2. The molecule has 9 heteroatoms. The summed E-state index contributed by atoms with van der Waals surface area (Å²) in [6.45, 7) is 4.02. The van der Waals surface area contributed by atoms with Gasteiger partial charge in [0.1, 0.15) is 5.75 Å². The molecule has 0 aliphatic heterocycles. The minimum absolute atomic E-state index is 0.0406.